The van der Waals surface area contributed by atoms with Crippen molar-refractivity contribution in [1.29, 1.82) is 0 Å². The van der Waals surface area contributed by atoms with E-state index in [0.717, 1.165) is 25.7 Å². The van der Waals surface area contributed by atoms with Gasteiger partial charge in [0, 0.05) is 13.1 Å². The van der Waals surface area contributed by atoms with Crippen LogP contribution in [0.25, 0.3) is 0 Å². The minimum absolute atomic E-state index is 0.130. The summed E-state index contributed by atoms with van der Waals surface area (Å²) in [7, 11) is -3.44. The Hall–Kier alpha value is -0.910. The molecule has 0 aromatic heterocycles. The molecule has 1 aromatic rings. The van der Waals surface area contributed by atoms with Crippen molar-refractivity contribution in [3.05, 3.63) is 29.3 Å². The topological polar surface area (TPSA) is 57.6 Å². The van der Waals surface area contributed by atoms with E-state index < -0.39 is 10.0 Å². The monoisotopic (exact) mass is 297 g/mol. The molecule has 4 nitrogen and oxygen atoms in total. The van der Waals surface area contributed by atoms with Crippen LogP contribution in [0.3, 0.4) is 0 Å². The standard InChI is InChI=1S/C15H23NO3S/c1-13-14(12-17)8-7-9-15(13)20(18,19)16-10-5-3-2-4-6-11-16/h7-9,17H,2-6,10-12H2,1H3. The van der Waals surface area contributed by atoms with Gasteiger partial charge in [0.2, 0.25) is 10.0 Å². The first-order valence-electron chi connectivity index (χ1n) is 7.27. The summed E-state index contributed by atoms with van der Waals surface area (Å²) in [6.45, 7) is 2.84. The van der Waals surface area contributed by atoms with Gasteiger partial charge < -0.3 is 5.11 Å². The number of nitrogens with zero attached hydrogens (tertiary/aromatic N) is 1. The van der Waals surface area contributed by atoms with Gasteiger partial charge in [-0.2, -0.15) is 4.31 Å². The van der Waals surface area contributed by atoms with E-state index in [1.165, 1.54) is 6.42 Å². The van der Waals surface area contributed by atoms with Crippen molar-refractivity contribution in [1.82, 2.24) is 4.31 Å². The summed E-state index contributed by atoms with van der Waals surface area (Å²) in [5.41, 5.74) is 1.34. The van der Waals surface area contributed by atoms with E-state index in [-0.39, 0.29) is 6.61 Å². The maximum absolute atomic E-state index is 12.8. The lowest BCUT2D eigenvalue weighted by Gasteiger charge is -2.25. The molecular weight excluding hydrogens is 274 g/mol. The van der Waals surface area contributed by atoms with Gasteiger partial charge in [0.05, 0.1) is 11.5 Å². The smallest absolute Gasteiger partial charge is 0.243 e. The largest absolute Gasteiger partial charge is 0.392 e. The molecule has 0 spiro atoms. The van der Waals surface area contributed by atoms with E-state index in [1.807, 2.05) is 0 Å². The van der Waals surface area contributed by atoms with Crippen LogP contribution in [0.5, 0.6) is 0 Å². The Bertz CT molecular complexity index is 546. The number of hydrogen-bond acceptors (Lipinski definition) is 3. The van der Waals surface area contributed by atoms with Crippen molar-refractivity contribution >= 4 is 10.0 Å². The quantitative estimate of drug-likeness (QED) is 0.932. The first-order valence-corrected chi connectivity index (χ1v) is 8.71. The van der Waals surface area contributed by atoms with Crippen LogP contribution in [0.1, 0.15) is 43.2 Å². The van der Waals surface area contributed by atoms with E-state index in [4.69, 9.17) is 0 Å². The lowest BCUT2D eigenvalue weighted by Crippen LogP contribution is -2.34. The second kappa shape index (κ2) is 6.70. The maximum Gasteiger partial charge on any atom is 0.243 e. The third-order valence-electron chi connectivity index (χ3n) is 4.00. The predicted octanol–water partition coefficient (Wildman–Crippen LogP) is 2.44. The first kappa shape index (κ1) is 15.5. The fraction of sp³-hybridized carbons (Fsp3) is 0.600. The van der Waals surface area contributed by atoms with Crippen LogP contribution in [0.2, 0.25) is 0 Å². The average Bonchev–Trinajstić information content (AvgIpc) is 2.37. The Kier molecular flexibility index (Phi) is 5.18. The molecule has 0 amide bonds. The molecule has 1 aromatic carbocycles. The van der Waals surface area contributed by atoms with E-state index in [9.17, 15) is 13.5 Å². The maximum atomic E-state index is 12.8. The second-order valence-corrected chi connectivity index (χ2v) is 7.28. The number of rotatable bonds is 3. The summed E-state index contributed by atoms with van der Waals surface area (Å²) < 4.78 is 27.2. The molecule has 0 aliphatic carbocycles. The minimum Gasteiger partial charge on any atom is -0.392 e. The van der Waals surface area contributed by atoms with Crippen molar-refractivity contribution in [3.8, 4) is 0 Å². The van der Waals surface area contributed by atoms with E-state index in [1.54, 1.807) is 29.4 Å². The summed E-state index contributed by atoms with van der Waals surface area (Å²) in [5, 5.41) is 9.29. The molecule has 1 fully saturated rings. The van der Waals surface area contributed by atoms with Gasteiger partial charge in [0.1, 0.15) is 0 Å². The molecule has 1 aliphatic rings. The SMILES string of the molecule is Cc1c(CO)cccc1S(=O)(=O)N1CCCCCCC1. The second-order valence-electron chi connectivity index (χ2n) is 5.37. The molecule has 1 heterocycles. The molecule has 1 aliphatic heterocycles. The normalized spacial score (nSPS) is 18.5. The third kappa shape index (κ3) is 3.22. The fourth-order valence-corrected chi connectivity index (χ4v) is 4.49. The van der Waals surface area contributed by atoms with Crippen LogP contribution in [-0.2, 0) is 16.6 Å². The molecule has 0 radical (unpaired) electrons. The fourth-order valence-electron chi connectivity index (χ4n) is 2.71. The van der Waals surface area contributed by atoms with Gasteiger partial charge in [-0.05, 0) is 37.0 Å². The van der Waals surface area contributed by atoms with E-state index in [0.29, 0.717) is 29.1 Å². The number of benzene rings is 1. The molecule has 5 heteroatoms. The highest BCUT2D eigenvalue weighted by Crippen LogP contribution is 2.24. The Morgan fingerprint density at radius 2 is 1.70 bits per heavy atom. The lowest BCUT2D eigenvalue weighted by molar-refractivity contribution is 0.280. The minimum atomic E-state index is -3.44. The average molecular weight is 297 g/mol. The zero-order valence-electron chi connectivity index (χ0n) is 12.0. The summed E-state index contributed by atoms with van der Waals surface area (Å²) >= 11 is 0. The van der Waals surface area contributed by atoms with E-state index in [2.05, 4.69) is 0 Å². The summed E-state index contributed by atoms with van der Waals surface area (Å²) in [6, 6.07) is 5.11. The molecule has 0 saturated carbocycles. The van der Waals surface area contributed by atoms with Gasteiger partial charge in [-0.15, -0.1) is 0 Å². The molecule has 0 atom stereocenters. The molecule has 1 N–H and O–H groups in total. The van der Waals surface area contributed by atoms with Gasteiger partial charge in [0.25, 0.3) is 0 Å². The van der Waals surface area contributed by atoms with Gasteiger partial charge in [-0.25, -0.2) is 8.42 Å². The highest BCUT2D eigenvalue weighted by molar-refractivity contribution is 7.89. The van der Waals surface area contributed by atoms with E-state index >= 15 is 0 Å². The molecule has 0 bridgehead atoms. The molecule has 112 valence electrons. The van der Waals surface area contributed by atoms with Crippen LogP contribution >= 0.6 is 0 Å². The summed E-state index contributed by atoms with van der Waals surface area (Å²) in [5.74, 6) is 0. The Labute approximate surface area is 121 Å². The zero-order valence-corrected chi connectivity index (χ0v) is 12.8. The van der Waals surface area contributed by atoms with Crippen LogP contribution < -0.4 is 0 Å². The highest BCUT2D eigenvalue weighted by atomic mass is 32.2. The Balaban J connectivity index is 2.33. The third-order valence-corrected chi connectivity index (χ3v) is 6.04. The molecule has 0 unspecified atom stereocenters. The van der Waals surface area contributed by atoms with Gasteiger partial charge >= 0.3 is 0 Å². The molecular formula is C15H23NO3S. The Morgan fingerprint density at radius 1 is 1.10 bits per heavy atom. The zero-order chi connectivity index (χ0) is 14.6. The molecule has 1 saturated heterocycles. The first-order chi connectivity index (χ1) is 9.57. The van der Waals surface area contributed by atoms with Gasteiger partial charge in [0.15, 0.2) is 0 Å². The van der Waals surface area contributed by atoms with Crippen molar-refractivity contribution < 1.29 is 13.5 Å². The number of hydrogen-bond donors (Lipinski definition) is 1. The molecule has 20 heavy (non-hydrogen) atoms. The Morgan fingerprint density at radius 3 is 2.30 bits per heavy atom. The predicted molar refractivity (Wildman–Crippen MR) is 78.9 cm³/mol. The van der Waals surface area contributed by atoms with Crippen LogP contribution in [0.15, 0.2) is 23.1 Å². The van der Waals surface area contributed by atoms with Crippen LogP contribution in [0.4, 0.5) is 0 Å². The van der Waals surface area contributed by atoms with Crippen molar-refractivity contribution in [2.75, 3.05) is 13.1 Å². The van der Waals surface area contributed by atoms with Crippen LogP contribution in [0, 0.1) is 6.92 Å². The summed E-state index contributed by atoms with van der Waals surface area (Å²) in [6.07, 6.45) is 5.26. The van der Waals surface area contributed by atoms with Crippen molar-refractivity contribution in [2.24, 2.45) is 0 Å². The van der Waals surface area contributed by atoms with Gasteiger partial charge in [-0.3, -0.25) is 0 Å². The lowest BCUT2D eigenvalue weighted by atomic mass is 10.1. The number of sulfonamides is 1. The van der Waals surface area contributed by atoms with Gasteiger partial charge in [-0.1, -0.05) is 31.4 Å². The summed E-state index contributed by atoms with van der Waals surface area (Å²) in [4.78, 5) is 0.338. The van der Waals surface area contributed by atoms with Crippen molar-refractivity contribution in [2.45, 2.75) is 50.5 Å². The highest BCUT2D eigenvalue weighted by Gasteiger charge is 2.26. The molecule has 2 rings (SSSR count). The van der Waals surface area contributed by atoms with Crippen molar-refractivity contribution in [3.63, 3.8) is 0 Å². The number of aliphatic hydroxyl groups excluding tert-OH is 1. The van der Waals surface area contributed by atoms with Crippen LogP contribution in [-0.4, -0.2) is 30.9 Å². The number of aliphatic hydroxyl groups is 1.